The number of hydrogen-bond acceptors (Lipinski definition) is 3. The van der Waals surface area contributed by atoms with Crippen molar-refractivity contribution in [3.05, 3.63) is 23.5 Å². The topological polar surface area (TPSA) is 34.1 Å². The lowest BCUT2D eigenvalue weighted by Gasteiger charge is -2.26. The van der Waals surface area contributed by atoms with Gasteiger partial charge in [0.15, 0.2) is 10.9 Å². The highest BCUT2D eigenvalue weighted by Crippen LogP contribution is 2.28. The minimum Gasteiger partial charge on any atom is -0.487 e. The summed E-state index contributed by atoms with van der Waals surface area (Å²) < 4.78 is 6.11. The average Bonchev–Trinajstić information content (AvgIpc) is 2.84. The Morgan fingerprint density at radius 2 is 2.39 bits per heavy atom. The van der Waals surface area contributed by atoms with E-state index in [1.807, 2.05) is 12.1 Å². The summed E-state index contributed by atoms with van der Waals surface area (Å²) in [6.07, 6.45) is 4.14. The van der Waals surface area contributed by atoms with Crippen molar-refractivity contribution < 1.29 is 4.74 Å². The van der Waals surface area contributed by atoms with E-state index in [0.717, 1.165) is 19.5 Å². The standard InChI is InChI=1S/C14H21ClN2O/c1-10(2)8-13(11-5-7-16-9-11)18-12-4-3-6-17-14(12)15/h3-4,6,10-11,13,16H,5,7-9H2,1-2H3. The van der Waals surface area contributed by atoms with E-state index < -0.39 is 0 Å². The second-order valence-electron chi connectivity index (χ2n) is 5.33. The Hall–Kier alpha value is -0.800. The van der Waals surface area contributed by atoms with Crippen molar-refractivity contribution >= 4 is 11.6 Å². The molecule has 1 saturated heterocycles. The molecule has 100 valence electrons. The smallest absolute Gasteiger partial charge is 0.171 e. The molecule has 2 heterocycles. The van der Waals surface area contributed by atoms with E-state index in [0.29, 0.717) is 22.7 Å². The number of halogens is 1. The van der Waals surface area contributed by atoms with Crippen LogP contribution in [0.1, 0.15) is 26.7 Å². The molecule has 18 heavy (non-hydrogen) atoms. The van der Waals surface area contributed by atoms with Crippen LogP contribution in [0.5, 0.6) is 5.75 Å². The summed E-state index contributed by atoms with van der Waals surface area (Å²) in [5.41, 5.74) is 0. The van der Waals surface area contributed by atoms with Gasteiger partial charge in [0.2, 0.25) is 0 Å². The quantitative estimate of drug-likeness (QED) is 0.833. The Labute approximate surface area is 114 Å². The van der Waals surface area contributed by atoms with E-state index >= 15 is 0 Å². The Balaban J connectivity index is 2.06. The summed E-state index contributed by atoms with van der Waals surface area (Å²) in [7, 11) is 0. The fourth-order valence-electron chi connectivity index (χ4n) is 2.42. The molecule has 1 aliphatic rings. The van der Waals surface area contributed by atoms with Gasteiger partial charge in [-0.15, -0.1) is 0 Å². The first-order valence-corrected chi connectivity index (χ1v) is 7.02. The van der Waals surface area contributed by atoms with Gasteiger partial charge in [0, 0.05) is 18.7 Å². The van der Waals surface area contributed by atoms with Crippen LogP contribution in [0.2, 0.25) is 5.15 Å². The first kappa shape index (κ1) is 13.6. The van der Waals surface area contributed by atoms with E-state index in [4.69, 9.17) is 16.3 Å². The molecule has 0 bridgehead atoms. The van der Waals surface area contributed by atoms with Crippen LogP contribution < -0.4 is 10.1 Å². The number of nitrogens with zero attached hydrogens (tertiary/aromatic N) is 1. The summed E-state index contributed by atoms with van der Waals surface area (Å²) >= 11 is 6.06. The Bertz CT molecular complexity index is 378. The highest BCUT2D eigenvalue weighted by atomic mass is 35.5. The maximum atomic E-state index is 6.11. The van der Waals surface area contributed by atoms with Gasteiger partial charge >= 0.3 is 0 Å². The number of nitrogens with one attached hydrogen (secondary N) is 1. The second kappa shape index (κ2) is 6.39. The van der Waals surface area contributed by atoms with E-state index in [-0.39, 0.29) is 6.10 Å². The van der Waals surface area contributed by atoms with Crippen molar-refractivity contribution in [2.45, 2.75) is 32.8 Å². The van der Waals surface area contributed by atoms with Crippen LogP contribution in [0.3, 0.4) is 0 Å². The van der Waals surface area contributed by atoms with Gasteiger partial charge in [-0.1, -0.05) is 25.4 Å². The fraction of sp³-hybridized carbons (Fsp3) is 0.643. The van der Waals surface area contributed by atoms with Crippen LogP contribution in [-0.4, -0.2) is 24.2 Å². The predicted octanol–water partition coefficient (Wildman–Crippen LogP) is 3.14. The van der Waals surface area contributed by atoms with Crippen molar-refractivity contribution in [2.24, 2.45) is 11.8 Å². The van der Waals surface area contributed by atoms with Gasteiger partial charge in [-0.2, -0.15) is 0 Å². The zero-order valence-corrected chi connectivity index (χ0v) is 11.8. The molecule has 4 heteroatoms. The third kappa shape index (κ3) is 3.59. The predicted molar refractivity (Wildman–Crippen MR) is 74.1 cm³/mol. The van der Waals surface area contributed by atoms with Gasteiger partial charge < -0.3 is 10.1 Å². The number of aromatic nitrogens is 1. The summed E-state index contributed by atoms with van der Waals surface area (Å²) in [6.45, 7) is 6.58. The lowest BCUT2D eigenvalue weighted by Crippen LogP contribution is -2.30. The number of pyridine rings is 1. The number of ether oxygens (including phenoxy) is 1. The van der Waals surface area contributed by atoms with Gasteiger partial charge in [0.1, 0.15) is 6.10 Å². The molecule has 0 radical (unpaired) electrons. The molecule has 1 aromatic rings. The lowest BCUT2D eigenvalue weighted by molar-refractivity contribution is 0.119. The maximum absolute atomic E-state index is 6.11. The molecule has 1 aliphatic heterocycles. The maximum Gasteiger partial charge on any atom is 0.171 e. The molecule has 1 N–H and O–H groups in total. The first-order valence-electron chi connectivity index (χ1n) is 6.64. The molecule has 0 spiro atoms. The first-order chi connectivity index (χ1) is 8.66. The Morgan fingerprint density at radius 3 is 3.00 bits per heavy atom. The minimum atomic E-state index is 0.224. The fourth-order valence-corrected chi connectivity index (χ4v) is 2.58. The summed E-state index contributed by atoms with van der Waals surface area (Å²) in [4.78, 5) is 4.06. The van der Waals surface area contributed by atoms with E-state index in [1.165, 1.54) is 6.42 Å². The third-order valence-electron chi connectivity index (χ3n) is 3.33. The molecule has 1 aromatic heterocycles. The molecular formula is C14H21ClN2O. The van der Waals surface area contributed by atoms with Crippen LogP contribution in [0.15, 0.2) is 18.3 Å². The molecule has 2 rings (SSSR count). The van der Waals surface area contributed by atoms with E-state index in [1.54, 1.807) is 6.20 Å². The van der Waals surface area contributed by atoms with Crippen LogP contribution >= 0.6 is 11.6 Å². The Kier molecular flexibility index (Phi) is 4.84. The molecule has 3 nitrogen and oxygen atoms in total. The molecule has 2 unspecified atom stereocenters. The highest BCUT2D eigenvalue weighted by molar-refractivity contribution is 6.30. The van der Waals surface area contributed by atoms with Crippen LogP contribution in [0.25, 0.3) is 0 Å². The molecule has 0 saturated carbocycles. The summed E-state index contributed by atoms with van der Waals surface area (Å²) in [5.74, 6) is 1.89. The van der Waals surface area contributed by atoms with Crippen LogP contribution in [0.4, 0.5) is 0 Å². The van der Waals surface area contributed by atoms with Crippen molar-refractivity contribution in [3.8, 4) is 5.75 Å². The second-order valence-corrected chi connectivity index (χ2v) is 5.69. The normalized spacial score (nSPS) is 21.2. The summed E-state index contributed by atoms with van der Waals surface area (Å²) in [6, 6.07) is 3.76. The molecule has 1 fully saturated rings. The van der Waals surface area contributed by atoms with E-state index in [2.05, 4.69) is 24.1 Å². The Morgan fingerprint density at radius 1 is 1.56 bits per heavy atom. The molecule has 0 aromatic carbocycles. The van der Waals surface area contributed by atoms with Gasteiger partial charge in [-0.05, 0) is 37.4 Å². The van der Waals surface area contributed by atoms with Gasteiger partial charge in [-0.3, -0.25) is 0 Å². The zero-order valence-electron chi connectivity index (χ0n) is 11.0. The molecular weight excluding hydrogens is 248 g/mol. The molecule has 2 atom stereocenters. The largest absolute Gasteiger partial charge is 0.487 e. The highest BCUT2D eigenvalue weighted by Gasteiger charge is 2.27. The van der Waals surface area contributed by atoms with E-state index in [9.17, 15) is 0 Å². The van der Waals surface area contributed by atoms with Gasteiger partial charge in [-0.25, -0.2) is 4.98 Å². The lowest BCUT2D eigenvalue weighted by atomic mass is 9.93. The molecule has 0 amide bonds. The average molecular weight is 269 g/mol. The van der Waals surface area contributed by atoms with Crippen molar-refractivity contribution in [1.29, 1.82) is 0 Å². The summed E-state index contributed by atoms with van der Waals surface area (Å²) in [5, 5.41) is 3.85. The van der Waals surface area contributed by atoms with Gasteiger partial charge in [0.05, 0.1) is 0 Å². The van der Waals surface area contributed by atoms with Crippen LogP contribution in [0, 0.1) is 11.8 Å². The molecule has 0 aliphatic carbocycles. The monoisotopic (exact) mass is 268 g/mol. The van der Waals surface area contributed by atoms with Crippen molar-refractivity contribution in [1.82, 2.24) is 10.3 Å². The van der Waals surface area contributed by atoms with Crippen molar-refractivity contribution in [3.63, 3.8) is 0 Å². The van der Waals surface area contributed by atoms with Gasteiger partial charge in [0.25, 0.3) is 0 Å². The third-order valence-corrected chi connectivity index (χ3v) is 3.61. The zero-order chi connectivity index (χ0) is 13.0. The van der Waals surface area contributed by atoms with Crippen molar-refractivity contribution in [2.75, 3.05) is 13.1 Å². The van der Waals surface area contributed by atoms with Crippen LogP contribution in [-0.2, 0) is 0 Å². The number of rotatable bonds is 5. The number of hydrogen-bond donors (Lipinski definition) is 1. The SMILES string of the molecule is CC(C)CC(Oc1cccnc1Cl)C1CCNC1. The minimum absolute atomic E-state index is 0.224.